The first kappa shape index (κ1) is 22.9. The second kappa shape index (κ2) is 9.41. The molecule has 10 nitrogen and oxygen atoms in total. The first-order valence-corrected chi connectivity index (χ1v) is 12.3. The number of ether oxygens (including phenoxy) is 1. The van der Waals surface area contributed by atoms with Gasteiger partial charge in [0.25, 0.3) is 0 Å². The summed E-state index contributed by atoms with van der Waals surface area (Å²) >= 11 is 1.33. The van der Waals surface area contributed by atoms with Gasteiger partial charge in [-0.15, -0.1) is 11.3 Å². The fraction of sp³-hybridized carbons (Fsp3) is 0.478. The number of rotatable bonds is 7. The normalized spacial score (nSPS) is 19.8. The maximum Gasteiger partial charge on any atom is 0.341 e. The Balaban J connectivity index is 1.38. The van der Waals surface area contributed by atoms with Crippen molar-refractivity contribution in [1.29, 1.82) is 0 Å². The average molecular weight is 486 g/mol. The number of aliphatic hydroxyl groups excluding tert-OH is 1. The summed E-state index contributed by atoms with van der Waals surface area (Å²) in [4.78, 5) is 35.6. The molecule has 2 fully saturated rings. The van der Waals surface area contributed by atoms with Gasteiger partial charge < -0.3 is 19.8 Å². The fourth-order valence-electron chi connectivity index (χ4n) is 4.56. The molecule has 2 aliphatic rings. The highest BCUT2D eigenvalue weighted by atomic mass is 32.1. The van der Waals surface area contributed by atoms with Crippen LogP contribution in [0.4, 0.5) is 5.82 Å². The maximum atomic E-state index is 12.9. The van der Waals surface area contributed by atoms with Gasteiger partial charge in [0, 0.05) is 49.9 Å². The highest BCUT2D eigenvalue weighted by Crippen LogP contribution is 2.29. The van der Waals surface area contributed by atoms with E-state index < -0.39 is 17.6 Å². The summed E-state index contributed by atoms with van der Waals surface area (Å²) in [6.45, 7) is 4.44. The number of carbonyl (C=O) groups is 1. The molecule has 0 amide bonds. The molecule has 0 radical (unpaired) electrons. The van der Waals surface area contributed by atoms with E-state index in [1.54, 1.807) is 29.1 Å². The lowest BCUT2D eigenvalue weighted by molar-refractivity contribution is -0.00541. The molecule has 1 unspecified atom stereocenters. The zero-order valence-corrected chi connectivity index (χ0v) is 19.6. The number of nitrogens with zero attached hydrogens (tertiary/aromatic N) is 4. The van der Waals surface area contributed by atoms with Gasteiger partial charge in [0.05, 0.1) is 11.5 Å². The molecule has 0 aromatic carbocycles. The number of aliphatic hydroxyl groups is 1. The largest absolute Gasteiger partial charge is 0.477 e. The Bertz CT molecular complexity index is 1250. The van der Waals surface area contributed by atoms with Gasteiger partial charge in [0.15, 0.2) is 10.8 Å². The van der Waals surface area contributed by atoms with Crippen molar-refractivity contribution in [2.24, 2.45) is 5.92 Å². The van der Waals surface area contributed by atoms with E-state index in [2.05, 4.69) is 10.3 Å². The molecular weight excluding hydrogens is 458 g/mol. The molecule has 3 N–H and O–H groups in total. The molecule has 0 saturated carbocycles. The summed E-state index contributed by atoms with van der Waals surface area (Å²) in [6.07, 6.45) is 5.71. The van der Waals surface area contributed by atoms with Crippen LogP contribution in [0.25, 0.3) is 16.2 Å². The Morgan fingerprint density at radius 1 is 1.38 bits per heavy atom. The van der Waals surface area contributed by atoms with Crippen molar-refractivity contribution in [2.75, 3.05) is 31.1 Å². The van der Waals surface area contributed by atoms with E-state index in [9.17, 15) is 19.8 Å². The topological polar surface area (TPSA) is 130 Å². The van der Waals surface area contributed by atoms with Crippen LogP contribution in [-0.2, 0) is 4.74 Å². The molecule has 11 heteroatoms. The zero-order chi connectivity index (χ0) is 23.8. The van der Waals surface area contributed by atoms with Gasteiger partial charge in [-0.2, -0.15) is 0 Å². The molecule has 3 aromatic heterocycles. The SMILES string of the molecule is Cc1cc(N2CC(C(O)NC[C@@H]3CCCCO3)C2)nc2c1c(=O)c(C(=O)O)cn2-c1nccs1. The van der Waals surface area contributed by atoms with Crippen LogP contribution < -0.4 is 15.6 Å². The fourth-order valence-corrected chi connectivity index (χ4v) is 5.18. The Labute approximate surface area is 199 Å². The lowest BCUT2D eigenvalue weighted by Crippen LogP contribution is -2.57. The number of hydrogen-bond donors (Lipinski definition) is 3. The number of anilines is 1. The third kappa shape index (κ3) is 4.31. The van der Waals surface area contributed by atoms with Crippen LogP contribution in [0.1, 0.15) is 35.2 Å². The molecule has 0 aliphatic carbocycles. The zero-order valence-electron chi connectivity index (χ0n) is 18.8. The summed E-state index contributed by atoms with van der Waals surface area (Å²) in [5.74, 6) is -0.555. The molecule has 2 saturated heterocycles. The lowest BCUT2D eigenvalue weighted by atomic mass is 9.97. The van der Waals surface area contributed by atoms with Crippen molar-refractivity contribution in [2.45, 2.75) is 38.5 Å². The molecule has 0 bridgehead atoms. The second-order valence-corrected chi connectivity index (χ2v) is 9.74. The minimum Gasteiger partial charge on any atom is -0.477 e. The van der Waals surface area contributed by atoms with Crippen LogP contribution in [0.2, 0.25) is 0 Å². The Morgan fingerprint density at radius 2 is 2.21 bits per heavy atom. The molecular formula is C23H27N5O5S. The number of nitrogens with one attached hydrogen (secondary N) is 1. The van der Waals surface area contributed by atoms with Gasteiger partial charge >= 0.3 is 5.97 Å². The van der Waals surface area contributed by atoms with Gasteiger partial charge in [0.1, 0.15) is 17.6 Å². The average Bonchev–Trinajstić information content (AvgIpc) is 3.32. The van der Waals surface area contributed by atoms with E-state index in [1.165, 1.54) is 17.5 Å². The monoisotopic (exact) mass is 485 g/mol. The number of carboxylic acids is 1. The van der Waals surface area contributed by atoms with Crippen LogP contribution in [-0.4, -0.2) is 69.3 Å². The van der Waals surface area contributed by atoms with Crippen LogP contribution in [0.15, 0.2) is 28.6 Å². The van der Waals surface area contributed by atoms with Crippen molar-refractivity contribution in [1.82, 2.24) is 19.9 Å². The summed E-state index contributed by atoms with van der Waals surface area (Å²) in [5, 5.41) is 25.9. The van der Waals surface area contributed by atoms with E-state index in [4.69, 9.17) is 9.72 Å². The molecule has 5 heterocycles. The van der Waals surface area contributed by atoms with E-state index in [0.29, 0.717) is 41.8 Å². The Morgan fingerprint density at radius 3 is 2.88 bits per heavy atom. The van der Waals surface area contributed by atoms with Crippen molar-refractivity contribution in [3.8, 4) is 5.13 Å². The first-order valence-electron chi connectivity index (χ1n) is 11.4. The smallest absolute Gasteiger partial charge is 0.341 e. The number of carboxylic acid groups (broad SMARTS) is 1. The highest BCUT2D eigenvalue weighted by molar-refractivity contribution is 7.12. The van der Waals surface area contributed by atoms with Crippen molar-refractivity contribution in [3.05, 3.63) is 45.2 Å². The van der Waals surface area contributed by atoms with Gasteiger partial charge in [0.2, 0.25) is 5.43 Å². The number of thiazole rings is 1. The van der Waals surface area contributed by atoms with Crippen molar-refractivity contribution < 1.29 is 19.7 Å². The van der Waals surface area contributed by atoms with Gasteiger partial charge in [-0.25, -0.2) is 14.8 Å². The van der Waals surface area contributed by atoms with Crippen LogP contribution in [0.5, 0.6) is 0 Å². The third-order valence-electron chi connectivity index (χ3n) is 6.51. The van der Waals surface area contributed by atoms with Gasteiger partial charge in [-0.05, 0) is 37.8 Å². The quantitative estimate of drug-likeness (QED) is 0.429. The second-order valence-electron chi connectivity index (χ2n) is 8.86. The van der Waals surface area contributed by atoms with E-state index in [-0.39, 0.29) is 23.0 Å². The predicted molar refractivity (Wildman–Crippen MR) is 128 cm³/mol. The first-order chi connectivity index (χ1) is 16.4. The van der Waals surface area contributed by atoms with E-state index in [0.717, 1.165) is 25.9 Å². The summed E-state index contributed by atoms with van der Waals surface area (Å²) in [6, 6.07) is 1.80. The van der Waals surface area contributed by atoms with Gasteiger partial charge in [-0.3, -0.25) is 14.7 Å². The lowest BCUT2D eigenvalue weighted by Gasteiger charge is -2.43. The highest BCUT2D eigenvalue weighted by Gasteiger charge is 2.34. The molecule has 3 aromatic rings. The van der Waals surface area contributed by atoms with Crippen LogP contribution in [0.3, 0.4) is 0 Å². The summed E-state index contributed by atoms with van der Waals surface area (Å²) < 4.78 is 7.28. The number of pyridine rings is 2. The standard InChI is InChI=1S/C23H27N5O5S/c1-13-8-17(27-10-14(11-27)21(30)25-9-15-4-2-3-6-33-15)26-20-18(13)19(29)16(22(31)32)12-28(20)23-24-5-7-34-23/h5,7-8,12,14-15,21,25,30H,2-4,6,9-11H2,1H3,(H,31,32)/t15-,21?/m0/s1. The number of aromatic nitrogens is 3. The van der Waals surface area contributed by atoms with E-state index >= 15 is 0 Å². The number of aromatic carboxylic acids is 1. The molecule has 2 aliphatic heterocycles. The molecule has 34 heavy (non-hydrogen) atoms. The molecule has 2 atom stereocenters. The Hall–Kier alpha value is -2.86. The van der Waals surface area contributed by atoms with Crippen LogP contribution >= 0.6 is 11.3 Å². The number of hydrogen-bond acceptors (Lipinski definition) is 9. The predicted octanol–water partition coefficient (Wildman–Crippen LogP) is 1.76. The van der Waals surface area contributed by atoms with Crippen molar-refractivity contribution in [3.63, 3.8) is 0 Å². The van der Waals surface area contributed by atoms with E-state index in [1.807, 2.05) is 4.90 Å². The molecule has 0 spiro atoms. The molecule has 5 rings (SSSR count). The maximum absolute atomic E-state index is 12.9. The summed E-state index contributed by atoms with van der Waals surface area (Å²) in [5.41, 5.74) is 0.143. The number of aryl methyl sites for hydroxylation is 1. The van der Waals surface area contributed by atoms with Gasteiger partial charge in [-0.1, -0.05) is 0 Å². The minimum atomic E-state index is -1.29. The van der Waals surface area contributed by atoms with Crippen LogP contribution in [0, 0.1) is 12.8 Å². The summed E-state index contributed by atoms with van der Waals surface area (Å²) in [7, 11) is 0. The molecule has 180 valence electrons. The minimum absolute atomic E-state index is 0.0527. The third-order valence-corrected chi connectivity index (χ3v) is 7.28. The Kier molecular flexibility index (Phi) is 6.34. The van der Waals surface area contributed by atoms with Crippen molar-refractivity contribution >= 4 is 34.2 Å². The number of fused-ring (bicyclic) bond motifs is 1.